The van der Waals surface area contributed by atoms with Crippen molar-refractivity contribution in [1.82, 2.24) is 46.5 Å². The number of nitrogens with one attached hydrogen (secondary N) is 7. The Morgan fingerprint density at radius 2 is 0.934 bits per heavy atom. The minimum Gasteiger partial charge on any atom is -0.480 e. The number of aromatic amines is 2. The van der Waals surface area contributed by atoms with E-state index in [0.29, 0.717) is 50.2 Å². The molecule has 340 valence electrons. The Labute approximate surface area is 353 Å². The first-order valence-electron chi connectivity index (χ1n) is 20.1. The zero-order valence-corrected chi connectivity index (χ0v) is 34.3. The van der Waals surface area contributed by atoms with E-state index in [1.54, 1.807) is 0 Å². The highest BCUT2D eigenvalue weighted by Gasteiger charge is 2.33. The van der Waals surface area contributed by atoms with Crippen molar-refractivity contribution in [1.29, 1.82) is 0 Å². The van der Waals surface area contributed by atoms with Gasteiger partial charge >= 0.3 is 5.97 Å². The summed E-state index contributed by atoms with van der Waals surface area (Å²) >= 11 is 0. The van der Waals surface area contributed by atoms with Gasteiger partial charge in [-0.25, -0.2) is 14.8 Å². The van der Waals surface area contributed by atoms with E-state index in [4.69, 9.17) is 40.1 Å². The van der Waals surface area contributed by atoms with E-state index in [1.807, 2.05) is 0 Å². The van der Waals surface area contributed by atoms with Crippen LogP contribution in [0.4, 0.5) is 0 Å². The lowest BCUT2D eigenvalue weighted by atomic mass is 10.0. The van der Waals surface area contributed by atoms with E-state index < -0.39 is 71.8 Å². The van der Waals surface area contributed by atoms with Crippen LogP contribution in [0, 0.1) is 0 Å². The number of hydrogen-bond acceptors (Lipinski definition) is 13. The molecule has 0 saturated heterocycles. The number of aliphatic imine (C=N–C) groups is 2. The maximum absolute atomic E-state index is 14.1. The molecular formula is C36H64N18O7. The molecule has 6 atom stereocenters. The highest BCUT2D eigenvalue weighted by Crippen LogP contribution is 2.10. The van der Waals surface area contributed by atoms with Crippen LogP contribution in [0.2, 0.25) is 0 Å². The van der Waals surface area contributed by atoms with Gasteiger partial charge in [-0.3, -0.25) is 34.0 Å². The molecule has 0 saturated carbocycles. The lowest BCUT2D eigenvalue weighted by Crippen LogP contribution is -2.59. The van der Waals surface area contributed by atoms with E-state index in [2.05, 4.69) is 56.5 Å². The molecule has 25 nitrogen and oxygen atoms in total. The molecule has 0 radical (unpaired) electrons. The van der Waals surface area contributed by atoms with Crippen molar-refractivity contribution >= 4 is 47.4 Å². The number of aromatic nitrogens is 4. The highest BCUT2D eigenvalue weighted by molar-refractivity contribution is 5.96. The van der Waals surface area contributed by atoms with E-state index in [0.717, 1.165) is 0 Å². The van der Waals surface area contributed by atoms with Crippen LogP contribution in [0.3, 0.4) is 0 Å². The Morgan fingerprint density at radius 1 is 0.557 bits per heavy atom. The lowest BCUT2D eigenvalue weighted by molar-refractivity contribution is -0.142. The number of H-pyrrole nitrogens is 2. The number of aliphatic carboxylic acids is 1. The zero-order chi connectivity index (χ0) is 45.2. The van der Waals surface area contributed by atoms with E-state index in [-0.39, 0.29) is 76.4 Å². The van der Waals surface area contributed by atoms with Crippen molar-refractivity contribution in [2.45, 2.75) is 113 Å². The van der Waals surface area contributed by atoms with Crippen LogP contribution in [-0.4, -0.2) is 135 Å². The van der Waals surface area contributed by atoms with E-state index in [1.165, 1.54) is 25.0 Å². The SMILES string of the molecule is NCCCC[C@H](NC(=O)[C@H](CCCCN)NC(=O)[C@H](CCCN=C(N)N)NC(=O)[C@H](Cc1cnc[nH]1)NC(=O)[C@@H](N)Cc1cnc[nH]1)C(=O)N[C@@H](CCCN=C(N)N)C(=O)O. The summed E-state index contributed by atoms with van der Waals surface area (Å²) in [6, 6.07) is -7.30. The third kappa shape index (κ3) is 20.5. The van der Waals surface area contributed by atoms with Crippen LogP contribution >= 0.6 is 0 Å². The van der Waals surface area contributed by atoms with Crippen molar-refractivity contribution in [3.05, 3.63) is 36.4 Å². The van der Waals surface area contributed by atoms with Gasteiger partial charge in [0.25, 0.3) is 0 Å². The summed E-state index contributed by atoms with van der Waals surface area (Å²) in [5.74, 6) is -5.28. The Kier molecular flexibility index (Phi) is 23.5. The molecule has 61 heavy (non-hydrogen) atoms. The third-order valence-electron chi connectivity index (χ3n) is 9.24. The number of amides is 5. The lowest BCUT2D eigenvalue weighted by Gasteiger charge is -2.27. The fourth-order valence-electron chi connectivity index (χ4n) is 5.98. The quantitative estimate of drug-likeness (QED) is 0.0192. The first-order valence-corrected chi connectivity index (χ1v) is 20.1. The van der Waals surface area contributed by atoms with Gasteiger partial charge in [0.05, 0.1) is 18.7 Å². The molecule has 0 aromatic carbocycles. The third-order valence-corrected chi connectivity index (χ3v) is 9.24. The molecule has 2 aromatic heterocycles. The molecule has 22 N–H and O–H groups in total. The van der Waals surface area contributed by atoms with Crippen molar-refractivity contribution in [3.63, 3.8) is 0 Å². The number of carboxylic acid groups (broad SMARTS) is 1. The van der Waals surface area contributed by atoms with Crippen LogP contribution in [0.15, 0.2) is 35.0 Å². The topological polar surface area (TPSA) is 447 Å². The van der Waals surface area contributed by atoms with Gasteiger partial charge in [0.1, 0.15) is 30.2 Å². The number of nitrogens with two attached hydrogens (primary N) is 7. The molecule has 0 bridgehead atoms. The van der Waals surface area contributed by atoms with E-state index in [9.17, 15) is 33.9 Å². The van der Waals surface area contributed by atoms with Gasteiger partial charge in [0.15, 0.2) is 11.9 Å². The summed E-state index contributed by atoms with van der Waals surface area (Å²) in [5.41, 5.74) is 40.3. The van der Waals surface area contributed by atoms with Crippen LogP contribution in [0.1, 0.15) is 75.6 Å². The number of carbonyl (C=O) groups excluding carboxylic acids is 5. The summed E-state index contributed by atoms with van der Waals surface area (Å²) in [6.07, 6.45) is 8.36. The Bertz CT molecular complexity index is 1700. The Morgan fingerprint density at radius 3 is 1.33 bits per heavy atom. The molecule has 5 amide bonds. The molecule has 0 aliphatic heterocycles. The van der Waals surface area contributed by atoms with Gasteiger partial charge in [-0.1, -0.05) is 0 Å². The van der Waals surface area contributed by atoms with Crippen molar-refractivity contribution in [3.8, 4) is 0 Å². The van der Waals surface area contributed by atoms with Gasteiger partial charge in [-0.15, -0.1) is 0 Å². The van der Waals surface area contributed by atoms with Crippen molar-refractivity contribution < 1.29 is 33.9 Å². The predicted octanol–water partition coefficient (Wildman–Crippen LogP) is -4.88. The maximum atomic E-state index is 14.1. The fraction of sp³-hybridized carbons (Fsp3) is 0.611. The second-order valence-corrected chi connectivity index (χ2v) is 14.3. The number of carbonyl (C=O) groups is 6. The maximum Gasteiger partial charge on any atom is 0.326 e. The summed E-state index contributed by atoms with van der Waals surface area (Å²) < 4.78 is 0. The number of rotatable bonds is 31. The van der Waals surface area contributed by atoms with Crippen molar-refractivity contribution in [2.75, 3.05) is 26.2 Å². The van der Waals surface area contributed by atoms with Gasteiger partial charge in [-0.05, 0) is 77.3 Å². The number of nitrogens with zero attached hydrogens (tertiary/aromatic N) is 4. The minimum atomic E-state index is -1.31. The van der Waals surface area contributed by atoms with Crippen LogP contribution in [0.25, 0.3) is 0 Å². The molecule has 25 heteroatoms. The second-order valence-electron chi connectivity index (χ2n) is 14.3. The first kappa shape index (κ1) is 50.8. The second kappa shape index (κ2) is 28.2. The number of guanidine groups is 2. The molecule has 2 aromatic rings. The summed E-state index contributed by atoms with van der Waals surface area (Å²) in [5, 5.41) is 23.0. The number of hydrogen-bond donors (Lipinski definition) is 15. The van der Waals surface area contributed by atoms with Crippen LogP contribution < -0.4 is 66.7 Å². The monoisotopic (exact) mass is 861 g/mol. The normalized spacial score (nSPS) is 13.9. The molecule has 0 fully saturated rings. The highest BCUT2D eigenvalue weighted by atomic mass is 16.4. The van der Waals surface area contributed by atoms with Crippen LogP contribution in [-0.2, 0) is 41.6 Å². The van der Waals surface area contributed by atoms with Gasteiger partial charge in [-0.2, -0.15) is 0 Å². The Balaban J connectivity index is 2.35. The number of imidazole rings is 2. The zero-order valence-electron chi connectivity index (χ0n) is 34.3. The molecule has 0 aliphatic rings. The molecule has 2 heterocycles. The van der Waals surface area contributed by atoms with Crippen LogP contribution in [0.5, 0.6) is 0 Å². The number of carboxylic acids is 1. The predicted molar refractivity (Wildman–Crippen MR) is 225 cm³/mol. The standard InChI is InChI=1S/C36H64N18O7/c37-11-3-1-7-24(30(56)51-25(8-2-4-12-38)32(58)53-27(34(60)61)10-6-14-47-36(42)43)50-31(57)26(9-5-13-46-35(40)41)52-33(59)28(16-22-18-45-20-49-22)54-29(55)23(39)15-21-17-44-19-48-21/h17-20,23-28H,1-16,37-39H2,(H,44,48)(H,45,49)(H,50,57)(H,51,56)(H,52,59)(H,53,58)(H,54,55)(H,60,61)(H4,40,41,46)(H4,42,43,47)/t23-,24-,25-,26-,27-,28-/m0/s1. The first-order chi connectivity index (χ1) is 29.1. The summed E-state index contributed by atoms with van der Waals surface area (Å²) in [4.78, 5) is 102. The number of unbranched alkanes of at least 4 members (excludes halogenated alkanes) is 2. The van der Waals surface area contributed by atoms with Gasteiger partial charge in [0.2, 0.25) is 29.5 Å². The summed E-state index contributed by atoms with van der Waals surface area (Å²) in [7, 11) is 0. The molecule has 0 spiro atoms. The molecule has 2 rings (SSSR count). The average molecular weight is 861 g/mol. The fourth-order valence-corrected chi connectivity index (χ4v) is 5.98. The molecule has 0 aliphatic carbocycles. The summed E-state index contributed by atoms with van der Waals surface area (Å²) in [6.45, 7) is 0.845. The molecular weight excluding hydrogens is 797 g/mol. The minimum absolute atomic E-state index is 0.000201. The largest absolute Gasteiger partial charge is 0.480 e. The average Bonchev–Trinajstić information content (AvgIpc) is 3.93. The van der Waals surface area contributed by atoms with Crippen molar-refractivity contribution in [2.24, 2.45) is 50.1 Å². The molecule has 0 unspecified atom stereocenters. The van der Waals surface area contributed by atoms with Gasteiger partial charge in [0, 0.05) is 49.7 Å². The van der Waals surface area contributed by atoms with E-state index >= 15 is 0 Å². The van der Waals surface area contributed by atoms with Gasteiger partial charge < -0.3 is 81.8 Å². The Hall–Kier alpha value is -6.34. The smallest absolute Gasteiger partial charge is 0.326 e.